The van der Waals surface area contributed by atoms with Gasteiger partial charge in [-0.3, -0.25) is 0 Å². The molecule has 0 fully saturated rings. The van der Waals surface area contributed by atoms with E-state index in [4.69, 9.17) is 34.3 Å². The van der Waals surface area contributed by atoms with Gasteiger partial charge in [-0.1, -0.05) is 86.0 Å². The van der Waals surface area contributed by atoms with Crippen molar-refractivity contribution in [3.63, 3.8) is 0 Å². The second kappa shape index (κ2) is 24.5. The van der Waals surface area contributed by atoms with E-state index in [1.54, 1.807) is 12.1 Å². The Labute approximate surface area is 269 Å². The number of carbonyl (C=O) groups excluding carboxylic acids is 2. The Morgan fingerprint density at radius 2 is 0.911 bits per heavy atom. The summed E-state index contributed by atoms with van der Waals surface area (Å²) in [6.45, 7) is 8.36. The third-order valence-electron chi connectivity index (χ3n) is 6.69. The first kappa shape index (κ1) is 41.2. The van der Waals surface area contributed by atoms with Crippen LogP contribution in [0, 0.1) is 0 Å². The number of ether oxygens (including phenoxy) is 5. The van der Waals surface area contributed by atoms with Gasteiger partial charge in [0.25, 0.3) is 0 Å². The Kier molecular flexibility index (Phi) is 22.4. The van der Waals surface area contributed by atoms with Crippen LogP contribution in [0.25, 0.3) is 0 Å². The van der Waals surface area contributed by atoms with Crippen LogP contribution in [-0.2, 0) is 9.47 Å². The van der Waals surface area contributed by atoms with Crippen LogP contribution < -0.4 is 14.2 Å². The average Bonchev–Trinajstić information content (AvgIpc) is 3.03. The van der Waals surface area contributed by atoms with Gasteiger partial charge in [0.1, 0.15) is 0 Å². The maximum atomic E-state index is 12.2. The molecule has 0 unspecified atom stereocenters. The van der Waals surface area contributed by atoms with Gasteiger partial charge in [0.15, 0.2) is 28.7 Å². The zero-order valence-electron chi connectivity index (χ0n) is 27.1. The van der Waals surface area contributed by atoms with Gasteiger partial charge in [-0.05, 0) is 43.5 Å². The highest BCUT2D eigenvalue weighted by Gasteiger charge is 2.19. The van der Waals surface area contributed by atoms with E-state index in [2.05, 4.69) is 25.5 Å². The monoisotopic (exact) mass is 636 g/mol. The number of hydrogen-bond donors (Lipinski definition) is 3. The molecule has 0 aliphatic heterocycles. The number of benzene rings is 2. The predicted molar refractivity (Wildman–Crippen MR) is 176 cm³/mol. The highest BCUT2D eigenvalue weighted by atomic mass is 16.5. The summed E-state index contributed by atoms with van der Waals surface area (Å²) in [7, 11) is 2.56. The lowest BCUT2D eigenvalue weighted by molar-refractivity contribution is 0.0591. The molecule has 0 amide bonds. The summed E-state index contributed by atoms with van der Waals surface area (Å²) in [6, 6.07) is 5.44. The molecule has 10 heteroatoms. The van der Waals surface area contributed by atoms with E-state index in [0.717, 1.165) is 50.7 Å². The van der Waals surface area contributed by atoms with Crippen LogP contribution in [0.1, 0.15) is 126 Å². The van der Waals surface area contributed by atoms with Gasteiger partial charge in [-0.15, -0.1) is 0 Å². The minimum absolute atomic E-state index is 0. The van der Waals surface area contributed by atoms with Crippen molar-refractivity contribution in [1.29, 1.82) is 0 Å². The lowest BCUT2D eigenvalue weighted by atomic mass is 10.1. The molecule has 256 valence electrons. The molecule has 0 bridgehead atoms. The summed E-state index contributed by atoms with van der Waals surface area (Å²) < 4.78 is 27.6. The van der Waals surface area contributed by atoms with Gasteiger partial charge >= 0.3 is 11.9 Å². The Morgan fingerprint density at radius 1 is 0.556 bits per heavy atom. The molecule has 10 nitrogen and oxygen atoms in total. The normalized spacial score (nSPS) is 10.2. The van der Waals surface area contributed by atoms with Crippen molar-refractivity contribution in [3.8, 4) is 34.5 Å². The van der Waals surface area contributed by atoms with Crippen molar-refractivity contribution in [2.45, 2.75) is 105 Å². The number of rotatable bonds is 20. The fourth-order valence-electron chi connectivity index (χ4n) is 4.13. The third-order valence-corrected chi connectivity index (χ3v) is 6.69. The molecule has 2 aromatic rings. The van der Waals surface area contributed by atoms with Crippen molar-refractivity contribution in [3.05, 3.63) is 35.4 Å². The Balaban J connectivity index is 0.00000115. The summed E-state index contributed by atoms with van der Waals surface area (Å²) in [5.74, 6) is -1.16. The zero-order valence-corrected chi connectivity index (χ0v) is 27.1. The second-order valence-corrected chi connectivity index (χ2v) is 10.4. The fraction of sp³-hybridized carbons (Fsp3) is 0.600. The minimum atomic E-state index is -0.703. The van der Waals surface area contributed by atoms with Crippen LogP contribution in [0.2, 0.25) is 0 Å². The molecule has 0 aromatic heterocycles. The Morgan fingerprint density at radius 3 is 1.27 bits per heavy atom. The molecule has 2 aromatic carbocycles. The number of phenolic OH excluding ortho intramolecular Hbond substituents is 3. The highest BCUT2D eigenvalue weighted by molar-refractivity contribution is 5.91. The van der Waals surface area contributed by atoms with E-state index in [1.807, 2.05) is 0 Å². The minimum Gasteiger partial charge on any atom is -0.504 e. The zero-order chi connectivity index (χ0) is 32.7. The van der Waals surface area contributed by atoms with Crippen LogP contribution in [0.3, 0.4) is 0 Å². The van der Waals surface area contributed by atoms with Crippen molar-refractivity contribution >= 4 is 11.9 Å². The summed E-state index contributed by atoms with van der Waals surface area (Å²) in [5.41, 5.74) is 0.392. The van der Waals surface area contributed by atoms with E-state index >= 15 is 0 Å². The molecule has 0 heterocycles. The quantitative estimate of drug-likeness (QED) is 0.0735. The molecular weight excluding hydrogens is 580 g/mol. The van der Waals surface area contributed by atoms with Gasteiger partial charge in [0.05, 0.1) is 45.2 Å². The van der Waals surface area contributed by atoms with Crippen molar-refractivity contribution in [2.75, 3.05) is 34.0 Å². The van der Waals surface area contributed by atoms with Gasteiger partial charge in [-0.2, -0.15) is 0 Å². The average molecular weight is 637 g/mol. The predicted octanol–water partition coefficient (Wildman–Crippen LogP) is 8.58. The fourth-order valence-corrected chi connectivity index (χ4v) is 4.13. The molecule has 3 N–H and O–H groups in total. The summed E-state index contributed by atoms with van der Waals surface area (Å²) >= 11 is 0. The van der Waals surface area contributed by atoms with Gasteiger partial charge in [0.2, 0.25) is 5.75 Å². The molecule has 0 aliphatic carbocycles. The molecule has 0 spiro atoms. The number of unbranched alkanes of at least 4 members (excludes halogenated alkanes) is 9. The van der Waals surface area contributed by atoms with Crippen molar-refractivity contribution in [2.24, 2.45) is 0 Å². The van der Waals surface area contributed by atoms with Crippen LogP contribution in [0.15, 0.2) is 24.3 Å². The first-order valence-electron chi connectivity index (χ1n) is 15.7. The van der Waals surface area contributed by atoms with Crippen LogP contribution >= 0.6 is 0 Å². The number of phenols is 3. The first-order valence-corrected chi connectivity index (χ1v) is 15.7. The van der Waals surface area contributed by atoms with Crippen molar-refractivity contribution in [1.82, 2.24) is 0 Å². The highest BCUT2D eigenvalue weighted by Crippen LogP contribution is 2.40. The number of hydrogen-bond acceptors (Lipinski definition) is 10. The van der Waals surface area contributed by atoms with E-state index in [9.17, 15) is 9.59 Å². The van der Waals surface area contributed by atoms with Crippen LogP contribution in [0.5, 0.6) is 34.5 Å². The van der Waals surface area contributed by atoms with Crippen LogP contribution in [0.4, 0.5) is 0 Å². The maximum Gasteiger partial charge on any atom is 0.338 e. The third kappa shape index (κ3) is 15.6. The molecular formula is C35H56O10. The molecule has 0 aliphatic rings. The Hall–Kier alpha value is -3.82. The van der Waals surface area contributed by atoms with Gasteiger partial charge < -0.3 is 39.0 Å². The molecule has 0 radical (unpaired) electrons. The van der Waals surface area contributed by atoms with Crippen LogP contribution in [-0.4, -0.2) is 61.3 Å². The Bertz CT molecular complexity index is 1060. The lowest BCUT2D eigenvalue weighted by Gasteiger charge is -2.18. The van der Waals surface area contributed by atoms with E-state index in [1.165, 1.54) is 52.7 Å². The molecule has 0 saturated heterocycles. The van der Waals surface area contributed by atoms with Gasteiger partial charge in [-0.25, -0.2) is 9.59 Å². The number of aromatic hydroxyl groups is 3. The van der Waals surface area contributed by atoms with E-state index < -0.39 is 29.2 Å². The molecule has 45 heavy (non-hydrogen) atoms. The molecule has 0 atom stereocenters. The lowest BCUT2D eigenvalue weighted by Crippen LogP contribution is -2.09. The van der Waals surface area contributed by atoms with Gasteiger partial charge in [0, 0.05) is 0 Å². The number of methoxy groups -OCH3 is 2. The SMILES string of the molecule is C.CCCCCCOc1cc(C(=O)OC)cc(OCCCCCC)c1OCCCCCC.COC(=O)c1cc(O)c(O)c(O)c1. The molecule has 0 saturated carbocycles. The largest absolute Gasteiger partial charge is 0.504 e. The molecule has 2 rings (SSSR count). The summed E-state index contributed by atoms with van der Waals surface area (Å²) in [4.78, 5) is 23.1. The van der Waals surface area contributed by atoms with E-state index in [0.29, 0.717) is 42.6 Å². The standard InChI is InChI=1S/C26H44O5.C8H8O5.CH4/c1-5-8-11-14-17-29-23-20-22(26(27)28-4)21-24(30-18-15-12-9-6-2)25(23)31-19-16-13-10-7-3;1-13-8(12)4-2-5(9)7(11)6(10)3-4;/h20-21H,5-19H2,1-4H3;2-3,9-11H,1H3;1H4. The maximum absolute atomic E-state index is 12.2. The smallest absolute Gasteiger partial charge is 0.338 e. The van der Waals surface area contributed by atoms with E-state index in [-0.39, 0.29) is 13.0 Å². The topological polar surface area (TPSA) is 141 Å². The first-order chi connectivity index (χ1) is 21.2. The van der Waals surface area contributed by atoms with Crippen molar-refractivity contribution < 1.29 is 48.6 Å². The summed E-state index contributed by atoms with van der Waals surface area (Å²) in [5, 5.41) is 26.9. The number of esters is 2. The second-order valence-electron chi connectivity index (χ2n) is 10.4. The number of carbonyl (C=O) groups is 2. The summed E-state index contributed by atoms with van der Waals surface area (Å²) in [6.07, 6.45) is 13.5.